The van der Waals surface area contributed by atoms with Crippen LogP contribution in [-0.4, -0.2) is 35.8 Å². The number of nitriles is 1. The van der Waals surface area contributed by atoms with E-state index >= 15 is 0 Å². The van der Waals surface area contributed by atoms with Gasteiger partial charge in [-0.2, -0.15) is 9.57 Å². The first-order valence-corrected chi connectivity index (χ1v) is 10.6. The lowest BCUT2D eigenvalue weighted by molar-refractivity contribution is 0.445. The van der Waals surface area contributed by atoms with Gasteiger partial charge in [0.25, 0.3) is 0 Å². The third-order valence-electron chi connectivity index (χ3n) is 4.36. The van der Waals surface area contributed by atoms with E-state index in [0.29, 0.717) is 40.5 Å². The molecule has 0 saturated heterocycles. The summed E-state index contributed by atoms with van der Waals surface area (Å²) in [6, 6.07) is 13.9. The average Bonchev–Trinajstić information content (AvgIpc) is 3.13. The third kappa shape index (κ3) is 3.94. The quantitative estimate of drug-likeness (QED) is 0.654. The van der Waals surface area contributed by atoms with Gasteiger partial charge in [0.2, 0.25) is 10.0 Å². The zero-order valence-electron chi connectivity index (χ0n) is 15.5. The number of halogens is 1. The topological polar surface area (TPSA) is 89.8 Å². The van der Waals surface area contributed by atoms with Crippen molar-refractivity contribution in [2.75, 3.05) is 13.1 Å². The zero-order valence-corrected chi connectivity index (χ0v) is 17.0. The molecule has 6 nitrogen and oxygen atoms in total. The van der Waals surface area contributed by atoms with Crippen LogP contribution >= 0.6 is 11.6 Å². The molecule has 0 radical (unpaired) electrons. The molecule has 0 fully saturated rings. The molecule has 144 valence electrons. The Morgan fingerprint density at radius 2 is 1.89 bits per heavy atom. The second-order valence-electron chi connectivity index (χ2n) is 6.08. The molecule has 3 aromatic rings. The molecular weight excluding hydrogens is 396 g/mol. The molecule has 0 aliphatic heterocycles. The maximum Gasteiger partial charge on any atom is 0.243 e. The first-order chi connectivity index (χ1) is 13.4. The molecule has 2 aromatic carbocycles. The number of benzene rings is 2. The van der Waals surface area contributed by atoms with Crippen LogP contribution in [0.15, 0.2) is 47.4 Å². The molecule has 1 heterocycles. The second kappa shape index (κ2) is 8.15. The van der Waals surface area contributed by atoms with E-state index in [9.17, 15) is 8.42 Å². The number of aromatic amines is 1. The molecule has 0 aliphatic carbocycles. The molecule has 1 N–H and O–H groups in total. The van der Waals surface area contributed by atoms with Gasteiger partial charge in [0.15, 0.2) is 0 Å². The van der Waals surface area contributed by atoms with Crippen LogP contribution < -0.4 is 0 Å². The number of hydrogen-bond acceptors (Lipinski definition) is 4. The smallest absolute Gasteiger partial charge is 0.243 e. The van der Waals surface area contributed by atoms with E-state index in [1.807, 2.05) is 13.8 Å². The Hall–Kier alpha value is -2.66. The molecule has 0 saturated carbocycles. The van der Waals surface area contributed by atoms with Crippen LogP contribution in [0, 0.1) is 11.3 Å². The van der Waals surface area contributed by atoms with Crippen LogP contribution in [0.2, 0.25) is 0 Å². The fraction of sp³-hybridized carbons (Fsp3) is 0.200. The first kappa shape index (κ1) is 20.1. The van der Waals surface area contributed by atoms with E-state index in [1.165, 1.54) is 4.31 Å². The Morgan fingerprint density at radius 3 is 2.50 bits per heavy atom. The Labute approximate surface area is 169 Å². The van der Waals surface area contributed by atoms with Gasteiger partial charge in [-0.1, -0.05) is 37.6 Å². The average molecular weight is 415 g/mol. The lowest BCUT2D eigenvalue weighted by Gasteiger charge is -2.18. The SMILES string of the molecule is CCN(CC)S(=O)(=O)c1ccc2nc(C(Cl)=Cc3ccc(C#N)cc3)[nH]c2c1. The predicted molar refractivity (Wildman–Crippen MR) is 111 cm³/mol. The van der Waals surface area contributed by atoms with Crippen molar-refractivity contribution in [1.29, 1.82) is 5.26 Å². The van der Waals surface area contributed by atoms with Gasteiger partial charge in [-0.05, 0) is 42.0 Å². The molecule has 28 heavy (non-hydrogen) atoms. The Morgan fingerprint density at radius 1 is 1.21 bits per heavy atom. The van der Waals surface area contributed by atoms with E-state index in [2.05, 4.69) is 16.0 Å². The zero-order chi connectivity index (χ0) is 20.3. The monoisotopic (exact) mass is 414 g/mol. The fourth-order valence-corrected chi connectivity index (χ4v) is 4.54. The molecule has 3 rings (SSSR count). The molecule has 1 aromatic heterocycles. The number of H-pyrrole nitrogens is 1. The highest BCUT2D eigenvalue weighted by Gasteiger charge is 2.22. The first-order valence-electron chi connectivity index (χ1n) is 8.76. The summed E-state index contributed by atoms with van der Waals surface area (Å²) in [4.78, 5) is 7.73. The van der Waals surface area contributed by atoms with E-state index in [-0.39, 0.29) is 4.90 Å². The highest BCUT2D eigenvalue weighted by molar-refractivity contribution is 7.89. The molecule has 0 atom stereocenters. The number of hydrogen-bond donors (Lipinski definition) is 1. The molecule has 0 spiro atoms. The van der Waals surface area contributed by atoms with Gasteiger partial charge in [-0.3, -0.25) is 0 Å². The van der Waals surface area contributed by atoms with E-state index in [4.69, 9.17) is 16.9 Å². The fourth-order valence-electron chi connectivity index (χ4n) is 2.84. The lowest BCUT2D eigenvalue weighted by atomic mass is 10.1. The number of fused-ring (bicyclic) bond motifs is 1. The number of nitrogens with one attached hydrogen (secondary N) is 1. The van der Waals surface area contributed by atoms with Crippen molar-refractivity contribution in [1.82, 2.24) is 14.3 Å². The molecule has 8 heteroatoms. The number of nitrogens with zero attached hydrogens (tertiary/aromatic N) is 3. The van der Waals surface area contributed by atoms with Crippen molar-refractivity contribution in [3.63, 3.8) is 0 Å². The van der Waals surface area contributed by atoms with Gasteiger partial charge in [-0.15, -0.1) is 0 Å². The highest BCUT2D eigenvalue weighted by atomic mass is 35.5. The number of aromatic nitrogens is 2. The van der Waals surface area contributed by atoms with Gasteiger partial charge >= 0.3 is 0 Å². The summed E-state index contributed by atoms with van der Waals surface area (Å²) in [7, 11) is -3.55. The molecular formula is C20H19ClN4O2S. The maximum atomic E-state index is 12.7. The Kier molecular flexibility index (Phi) is 5.84. The summed E-state index contributed by atoms with van der Waals surface area (Å²) >= 11 is 6.39. The van der Waals surface area contributed by atoms with E-state index < -0.39 is 10.0 Å². The van der Waals surface area contributed by atoms with Crippen molar-refractivity contribution in [2.45, 2.75) is 18.7 Å². The maximum absolute atomic E-state index is 12.7. The predicted octanol–water partition coefficient (Wildman–Crippen LogP) is 4.20. The highest BCUT2D eigenvalue weighted by Crippen LogP contribution is 2.25. The third-order valence-corrected chi connectivity index (χ3v) is 6.69. The summed E-state index contributed by atoms with van der Waals surface area (Å²) in [6.07, 6.45) is 1.73. The van der Waals surface area contributed by atoms with Crippen LogP contribution in [0.25, 0.3) is 22.1 Å². The van der Waals surface area contributed by atoms with Crippen LogP contribution in [0.5, 0.6) is 0 Å². The summed E-state index contributed by atoms with van der Waals surface area (Å²) in [6.45, 7) is 4.43. The van der Waals surface area contributed by atoms with Crippen molar-refractivity contribution in [3.05, 3.63) is 59.4 Å². The van der Waals surface area contributed by atoms with Crippen LogP contribution in [0.4, 0.5) is 0 Å². The lowest BCUT2D eigenvalue weighted by Crippen LogP contribution is -2.30. The van der Waals surface area contributed by atoms with Gasteiger partial charge in [-0.25, -0.2) is 13.4 Å². The van der Waals surface area contributed by atoms with E-state index in [1.54, 1.807) is 48.5 Å². The molecule has 0 aliphatic rings. The van der Waals surface area contributed by atoms with Gasteiger partial charge < -0.3 is 4.98 Å². The molecule has 0 unspecified atom stereocenters. The van der Waals surface area contributed by atoms with Crippen LogP contribution in [0.1, 0.15) is 30.8 Å². The normalized spacial score (nSPS) is 12.5. The summed E-state index contributed by atoms with van der Waals surface area (Å²) in [5.41, 5.74) is 2.61. The number of imidazole rings is 1. The summed E-state index contributed by atoms with van der Waals surface area (Å²) in [5, 5.41) is 9.25. The minimum atomic E-state index is -3.55. The van der Waals surface area contributed by atoms with Crippen LogP contribution in [0.3, 0.4) is 0 Å². The summed E-state index contributed by atoms with van der Waals surface area (Å²) < 4.78 is 26.8. The van der Waals surface area contributed by atoms with Crippen molar-refractivity contribution in [2.24, 2.45) is 0 Å². The minimum Gasteiger partial charge on any atom is -0.337 e. The standard InChI is InChI=1S/C20H19ClN4O2S/c1-3-25(4-2)28(26,27)16-9-10-18-19(12-16)24-20(23-18)17(21)11-14-5-7-15(13-22)8-6-14/h5-12H,3-4H2,1-2H3,(H,23,24). The molecule has 0 bridgehead atoms. The summed E-state index contributed by atoms with van der Waals surface area (Å²) in [5.74, 6) is 0.443. The Balaban J connectivity index is 1.96. The van der Waals surface area contributed by atoms with Crippen molar-refractivity contribution in [3.8, 4) is 6.07 Å². The molecule has 0 amide bonds. The van der Waals surface area contributed by atoms with Gasteiger partial charge in [0.1, 0.15) is 5.82 Å². The second-order valence-corrected chi connectivity index (χ2v) is 8.42. The minimum absolute atomic E-state index is 0.214. The van der Waals surface area contributed by atoms with Crippen molar-refractivity contribution < 1.29 is 8.42 Å². The number of sulfonamides is 1. The van der Waals surface area contributed by atoms with Crippen LogP contribution in [-0.2, 0) is 10.0 Å². The van der Waals surface area contributed by atoms with E-state index in [0.717, 1.165) is 5.56 Å². The van der Waals surface area contributed by atoms with Gasteiger partial charge in [0, 0.05) is 13.1 Å². The largest absolute Gasteiger partial charge is 0.337 e. The van der Waals surface area contributed by atoms with Gasteiger partial charge in [0.05, 0.1) is 32.6 Å². The number of rotatable bonds is 6. The van der Waals surface area contributed by atoms with Crippen molar-refractivity contribution >= 4 is 43.8 Å². The Bertz CT molecular complexity index is 1170.